The second-order valence-electron chi connectivity index (χ2n) is 5.04. The van der Waals surface area contributed by atoms with Crippen LogP contribution in [0.1, 0.15) is 25.8 Å². The number of hydrogen-bond acceptors (Lipinski definition) is 2. The highest BCUT2D eigenvalue weighted by molar-refractivity contribution is 6.35. The Balaban J connectivity index is 0.00000361. The van der Waals surface area contributed by atoms with Gasteiger partial charge in [0.1, 0.15) is 0 Å². The van der Waals surface area contributed by atoms with Crippen molar-refractivity contribution in [1.29, 1.82) is 0 Å². The molecule has 0 radical (unpaired) electrons. The lowest BCUT2D eigenvalue weighted by Crippen LogP contribution is -2.41. The van der Waals surface area contributed by atoms with Gasteiger partial charge < -0.3 is 11.1 Å². The van der Waals surface area contributed by atoms with Gasteiger partial charge in [-0.25, -0.2) is 0 Å². The molecule has 20 heavy (non-hydrogen) atoms. The largest absolute Gasteiger partial charge is 0.352 e. The first-order chi connectivity index (χ1) is 8.92. The van der Waals surface area contributed by atoms with Gasteiger partial charge in [-0.2, -0.15) is 0 Å². The molecule has 0 saturated heterocycles. The predicted octanol–water partition coefficient (Wildman–Crippen LogP) is 3.45. The lowest BCUT2D eigenvalue weighted by Gasteiger charge is -2.19. The zero-order chi connectivity index (χ0) is 14.4. The molecular weight excluding hydrogens is 319 g/mol. The monoisotopic (exact) mass is 338 g/mol. The van der Waals surface area contributed by atoms with Crippen molar-refractivity contribution in [2.24, 2.45) is 11.7 Å². The van der Waals surface area contributed by atoms with E-state index in [0.717, 1.165) is 12.0 Å². The van der Waals surface area contributed by atoms with Gasteiger partial charge in [0, 0.05) is 22.6 Å². The molecule has 0 saturated carbocycles. The van der Waals surface area contributed by atoms with E-state index in [9.17, 15) is 4.79 Å². The van der Waals surface area contributed by atoms with Gasteiger partial charge in [0.2, 0.25) is 5.91 Å². The number of hydrogen-bond donors (Lipinski definition) is 2. The first-order valence-electron chi connectivity index (χ1n) is 6.35. The molecule has 6 heteroatoms. The molecule has 0 aromatic heterocycles. The molecule has 1 rings (SSSR count). The standard InChI is InChI=1S/C14H20Cl2N2O.ClH/c1-9(2)5-12(8-17)18-14(19)6-10-3-4-11(15)7-13(10)16;/h3-4,7,9,12H,5-6,8,17H2,1-2H3,(H,18,19);1H. The summed E-state index contributed by atoms with van der Waals surface area (Å²) in [4.78, 5) is 11.9. The Kier molecular flexibility index (Phi) is 9.23. The van der Waals surface area contributed by atoms with E-state index in [2.05, 4.69) is 19.2 Å². The quantitative estimate of drug-likeness (QED) is 0.834. The molecule has 1 atom stereocenters. The van der Waals surface area contributed by atoms with Gasteiger partial charge >= 0.3 is 0 Å². The minimum absolute atomic E-state index is 0. The summed E-state index contributed by atoms with van der Waals surface area (Å²) >= 11 is 11.9. The van der Waals surface area contributed by atoms with Crippen LogP contribution in [0.4, 0.5) is 0 Å². The van der Waals surface area contributed by atoms with Crippen molar-refractivity contribution in [3.8, 4) is 0 Å². The second kappa shape index (κ2) is 9.46. The van der Waals surface area contributed by atoms with E-state index >= 15 is 0 Å². The molecule has 1 aromatic rings. The molecule has 0 fully saturated rings. The van der Waals surface area contributed by atoms with Crippen LogP contribution in [0.15, 0.2) is 18.2 Å². The third-order valence-electron chi connectivity index (χ3n) is 2.77. The van der Waals surface area contributed by atoms with Crippen molar-refractivity contribution in [2.45, 2.75) is 32.7 Å². The molecule has 3 N–H and O–H groups in total. The summed E-state index contributed by atoms with van der Waals surface area (Å²) < 4.78 is 0. The van der Waals surface area contributed by atoms with Crippen LogP contribution >= 0.6 is 35.6 Å². The summed E-state index contributed by atoms with van der Waals surface area (Å²) in [6.45, 7) is 4.65. The molecule has 0 bridgehead atoms. The molecule has 0 heterocycles. The molecule has 1 unspecified atom stereocenters. The zero-order valence-electron chi connectivity index (χ0n) is 11.7. The molecule has 114 valence electrons. The van der Waals surface area contributed by atoms with Crippen molar-refractivity contribution in [2.75, 3.05) is 6.54 Å². The van der Waals surface area contributed by atoms with E-state index in [1.807, 2.05) is 0 Å². The third kappa shape index (κ3) is 6.80. The fourth-order valence-corrected chi connectivity index (χ4v) is 2.38. The number of carbonyl (C=O) groups is 1. The predicted molar refractivity (Wildman–Crippen MR) is 87.9 cm³/mol. The van der Waals surface area contributed by atoms with E-state index in [4.69, 9.17) is 28.9 Å². The average molecular weight is 340 g/mol. The Morgan fingerprint density at radius 2 is 2.00 bits per heavy atom. The summed E-state index contributed by atoms with van der Waals surface area (Å²) in [5, 5.41) is 4.01. The number of carbonyl (C=O) groups excluding carboxylic acids is 1. The van der Waals surface area contributed by atoms with Gasteiger partial charge in [0.05, 0.1) is 6.42 Å². The van der Waals surface area contributed by atoms with Crippen LogP contribution in [-0.4, -0.2) is 18.5 Å². The van der Waals surface area contributed by atoms with Crippen molar-refractivity contribution in [1.82, 2.24) is 5.32 Å². The van der Waals surface area contributed by atoms with Crippen LogP contribution < -0.4 is 11.1 Å². The normalized spacial score (nSPS) is 11.9. The molecule has 1 amide bonds. The fraction of sp³-hybridized carbons (Fsp3) is 0.500. The number of rotatable bonds is 6. The molecule has 0 spiro atoms. The summed E-state index contributed by atoms with van der Waals surface area (Å²) in [5.41, 5.74) is 6.42. The van der Waals surface area contributed by atoms with E-state index in [1.54, 1.807) is 18.2 Å². The van der Waals surface area contributed by atoms with Crippen molar-refractivity contribution in [3.05, 3.63) is 33.8 Å². The Morgan fingerprint density at radius 1 is 1.35 bits per heavy atom. The van der Waals surface area contributed by atoms with Crippen molar-refractivity contribution < 1.29 is 4.79 Å². The van der Waals surface area contributed by atoms with Gasteiger partial charge in [-0.1, -0.05) is 43.1 Å². The van der Waals surface area contributed by atoms with Crippen LogP contribution in [0.5, 0.6) is 0 Å². The fourth-order valence-electron chi connectivity index (χ4n) is 1.90. The maximum Gasteiger partial charge on any atom is 0.224 e. The van der Waals surface area contributed by atoms with Gasteiger partial charge in [0.25, 0.3) is 0 Å². The van der Waals surface area contributed by atoms with E-state index in [1.165, 1.54) is 0 Å². The van der Waals surface area contributed by atoms with Crippen LogP contribution in [0.25, 0.3) is 0 Å². The summed E-state index contributed by atoms with van der Waals surface area (Å²) in [6, 6.07) is 5.15. The Hall–Kier alpha value is -0.480. The lowest BCUT2D eigenvalue weighted by atomic mass is 10.0. The summed E-state index contributed by atoms with van der Waals surface area (Å²) in [5.74, 6) is 0.424. The van der Waals surface area contributed by atoms with Gasteiger partial charge in [-0.15, -0.1) is 12.4 Å². The van der Waals surface area contributed by atoms with Crippen molar-refractivity contribution in [3.63, 3.8) is 0 Å². The van der Waals surface area contributed by atoms with Crippen LogP contribution in [0, 0.1) is 5.92 Å². The molecule has 0 aliphatic rings. The lowest BCUT2D eigenvalue weighted by molar-refractivity contribution is -0.121. The minimum atomic E-state index is -0.0691. The topological polar surface area (TPSA) is 55.1 Å². The number of nitrogens with one attached hydrogen (secondary N) is 1. The van der Waals surface area contributed by atoms with E-state index < -0.39 is 0 Å². The van der Waals surface area contributed by atoms with Gasteiger partial charge in [-0.3, -0.25) is 4.79 Å². The Bertz CT molecular complexity index is 438. The number of halogens is 3. The number of benzene rings is 1. The molecule has 1 aromatic carbocycles. The molecule has 0 aliphatic heterocycles. The maximum absolute atomic E-state index is 11.9. The Labute approximate surface area is 136 Å². The summed E-state index contributed by atoms with van der Waals surface area (Å²) in [7, 11) is 0. The highest BCUT2D eigenvalue weighted by Crippen LogP contribution is 2.21. The second-order valence-corrected chi connectivity index (χ2v) is 5.89. The Morgan fingerprint density at radius 3 is 2.50 bits per heavy atom. The van der Waals surface area contributed by atoms with Crippen LogP contribution in [0.2, 0.25) is 10.0 Å². The highest BCUT2D eigenvalue weighted by Gasteiger charge is 2.14. The smallest absolute Gasteiger partial charge is 0.224 e. The average Bonchev–Trinajstić information content (AvgIpc) is 2.31. The van der Waals surface area contributed by atoms with Crippen LogP contribution in [0.3, 0.4) is 0 Å². The van der Waals surface area contributed by atoms with E-state index in [-0.39, 0.29) is 30.8 Å². The first kappa shape index (κ1) is 19.5. The SMILES string of the molecule is CC(C)CC(CN)NC(=O)Cc1ccc(Cl)cc1Cl.Cl. The van der Waals surface area contributed by atoms with E-state index in [0.29, 0.717) is 22.5 Å². The van der Waals surface area contributed by atoms with Gasteiger partial charge in [-0.05, 0) is 30.0 Å². The van der Waals surface area contributed by atoms with Crippen molar-refractivity contribution >= 4 is 41.5 Å². The first-order valence-corrected chi connectivity index (χ1v) is 7.11. The molecular formula is C14H21Cl3N2O. The zero-order valence-corrected chi connectivity index (χ0v) is 14.0. The molecule has 0 aliphatic carbocycles. The number of nitrogens with two attached hydrogens (primary N) is 1. The minimum Gasteiger partial charge on any atom is -0.352 e. The van der Waals surface area contributed by atoms with Gasteiger partial charge in [0.15, 0.2) is 0 Å². The third-order valence-corrected chi connectivity index (χ3v) is 3.36. The highest BCUT2D eigenvalue weighted by atomic mass is 35.5. The maximum atomic E-state index is 11.9. The summed E-state index contributed by atoms with van der Waals surface area (Å²) in [6.07, 6.45) is 1.11. The number of amides is 1. The molecule has 3 nitrogen and oxygen atoms in total. The van der Waals surface area contributed by atoms with Crippen LogP contribution in [-0.2, 0) is 11.2 Å².